The second-order valence-electron chi connectivity index (χ2n) is 1.67. The van der Waals surface area contributed by atoms with Crippen molar-refractivity contribution in [3.05, 3.63) is 5.15 Å². The van der Waals surface area contributed by atoms with E-state index in [2.05, 4.69) is 9.84 Å². The maximum atomic E-state index is 9.86. The number of ether oxygens (including phenoxy) is 1. The Bertz CT molecular complexity index is 294. The van der Waals surface area contributed by atoms with Gasteiger partial charge in [0.1, 0.15) is 0 Å². The van der Waals surface area contributed by atoms with Gasteiger partial charge in [-0.3, -0.25) is 4.79 Å². The van der Waals surface area contributed by atoms with Crippen LogP contribution in [0.2, 0.25) is 5.15 Å². The zero-order valence-electron chi connectivity index (χ0n) is 5.56. The van der Waals surface area contributed by atoms with Crippen molar-refractivity contribution in [2.24, 2.45) is 0 Å². The third-order valence-electron chi connectivity index (χ3n) is 0.933. The van der Waals surface area contributed by atoms with Gasteiger partial charge in [0.25, 0.3) is 12.4 Å². The molecule has 0 aliphatic heterocycles. The molecule has 0 saturated carbocycles. The number of nitrogens with one attached hydrogen (secondary N) is 2. The van der Waals surface area contributed by atoms with Crippen LogP contribution in [0.3, 0.4) is 0 Å². The molecule has 9 heteroatoms. The molecular formula is C3H5ClN4O4. The largest absolute Gasteiger partial charge is 0.409 e. The summed E-state index contributed by atoms with van der Waals surface area (Å²) in [4.78, 5) is 10.3. The van der Waals surface area contributed by atoms with E-state index in [9.17, 15) is 4.79 Å². The molecule has 0 amide bonds. The van der Waals surface area contributed by atoms with Crippen molar-refractivity contribution in [3.63, 3.8) is 0 Å². The molecule has 1 rings (SSSR count). The standard InChI is InChI=1S/C3H5ClN4O4/c4-2-3(12-1-9)7(10)6-8(11)5-2/h1,5-6,10-11H. The van der Waals surface area contributed by atoms with Crippen LogP contribution in [-0.4, -0.2) is 37.0 Å². The minimum absolute atomic E-state index is 0.0668. The number of carbonyl (C=O) groups is 1. The molecule has 0 unspecified atom stereocenters. The first kappa shape index (κ1) is 8.40. The van der Waals surface area contributed by atoms with Crippen LogP contribution < -0.4 is 4.74 Å². The van der Waals surface area contributed by atoms with E-state index in [1.165, 1.54) is 0 Å². The van der Waals surface area contributed by atoms with E-state index < -0.39 is 0 Å². The van der Waals surface area contributed by atoms with Gasteiger partial charge in [-0.25, -0.2) is 5.10 Å². The van der Waals surface area contributed by atoms with Crippen molar-refractivity contribution in [1.82, 2.24) is 20.1 Å². The lowest BCUT2D eigenvalue weighted by Gasteiger charge is -2.07. The van der Waals surface area contributed by atoms with Gasteiger partial charge in [0.15, 0.2) is 5.15 Å². The minimum atomic E-state index is -0.378. The van der Waals surface area contributed by atoms with Crippen LogP contribution in [0, 0.1) is 0 Å². The van der Waals surface area contributed by atoms with Crippen LogP contribution in [0.25, 0.3) is 0 Å². The number of aromatic amines is 2. The number of H-pyrrole nitrogens is 2. The van der Waals surface area contributed by atoms with E-state index in [0.717, 1.165) is 0 Å². The van der Waals surface area contributed by atoms with Gasteiger partial charge in [-0.05, 0) is 4.96 Å². The van der Waals surface area contributed by atoms with Gasteiger partial charge in [-0.1, -0.05) is 16.4 Å². The number of hydrogen-bond donors (Lipinski definition) is 4. The molecule has 0 aliphatic carbocycles. The van der Waals surface area contributed by atoms with Gasteiger partial charge in [-0.15, -0.1) is 0 Å². The van der Waals surface area contributed by atoms with E-state index in [-0.39, 0.29) is 27.3 Å². The second kappa shape index (κ2) is 3.13. The molecule has 12 heavy (non-hydrogen) atoms. The fourth-order valence-corrected chi connectivity index (χ4v) is 0.746. The number of hydrogen-bond acceptors (Lipinski definition) is 4. The lowest BCUT2D eigenvalue weighted by atomic mass is 10.8. The molecule has 8 nitrogen and oxygen atoms in total. The minimum Gasteiger partial charge on any atom is -0.409 e. The summed E-state index contributed by atoms with van der Waals surface area (Å²) in [7, 11) is 0. The summed E-state index contributed by atoms with van der Waals surface area (Å²) in [5, 5.41) is 21.3. The molecule has 0 spiro atoms. The van der Waals surface area contributed by atoms with Gasteiger partial charge >= 0.3 is 0 Å². The Hall–Kier alpha value is -1.70. The summed E-state index contributed by atoms with van der Waals surface area (Å²) in [6, 6.07) is 0. The molecule has 0 fully saturated rings. The highest BCUT2D eigenvalue weighted by Crippen LogP contribution is 2.16. The lowest BCUT2D eigenvalue weighted by molar-refractivity contribution is -0.122. The second-order valence-corrected chi connectivity index (χ2v) is 2.05. The maximum absolute atomic E-state index is 9.86. The first-order valence-corrected chi connectivity index (χ1v) is 3.04. The Morgan fingerprint density at radius 1 is 1.58 bits per heavy atom. The first-order chi connectivity index (χ1) is 5.65. The number of rotatable bonds is 2. The van der Waals surface area contributed by atoms with Crippen LogP contribution in [0.4, 0.5) is 0 Å². The molecule has 0 aromatic carbocycles. The highest BCUT2D eigenvalue weighted by molar-refractivity contribution is 6.30. The fourth-order valence-electron chi connectivity index (χ4n) is 0.541. The van der Waals surface area contributed by atoms with E-state index in [1.54, 1.807) is 0 Å². The molecule has 4 N–H and O–H groups in total. The molecule has 0 aliphatic rings. The van der Waals surface area contributed by atoms with Crippen LogP contribution in [0.15, 0.2) is 0 Å². The zero-order valence-corrected chi connectivity index (χ0v) is 6.32. The summed E-state index contributed by atoms with van der Waals surface area (Å²) in [6.07, 6.45) is 0. The van der Waals surface area contributed by atoms with Crippen LogP contribution in [-0.2, 0) is 4.79 Å². The molecule has 0 bridgehead atoms. The molecule has 1 heterocycles. The maximum Gasteiger partial charge on any atom is 0.300 e. The van der Waals surface area contributed by atoms with E-state index in [4.69, 9.17) is 22.0 Å². The molecule has 0 radical (unpaired) electrons. The Morgan fingerprint density at radius 2 is 2.25 bits per heavy atom. The number of carbonyl (C=O) groups excluding carboxylic acids is 1. The summed E-state index contributed by atoms with van der Waals surface area (Å²) in [6.45, 7) is 0.0668. The van der Waals surface area contributed by atoms with Gasteiger partial charge in [-0.2, -0.15) is 5.21 Å². The highest BCUT2D eigenvalue weighted by atomic mass is 35.5. The fraction of sp³-hybridized carbons (Fsp3) is 0. The van der Waals surface area contributed by atoms with Crippen molar-refractivity contribution in [2.45, 2.75) is 0 Å². The molecule has 0 saturated heterocycles. The van der Waals surface area contributed by atoms with Crippen molar-refractivity contribution >= 4 is 18.1 Å². The average molecular weight is 197 g/mol. The number of aromatic nitrogens is 4. The van der Waals surface area contributed by atoms with Gasteiger partial charge < -0.3 is 15.2 Å². The predicted molar refractivity (Wildman–Crippen MR) is 34.8 cm³/mol. The summed E-state index contributed by atoms with van der Waals surface area (Å²) < 4.78 is 4.24. The monoisotopic (exact) mass is 196 g/mol. The van der Waals surface area contributed by atoms with Crippen LogP contribution in [0.1, 0.15) is 0 Å². The lowest BCUT2D eigenvalue weighted by Crippen LogP contribution is -2.16. The Balaban J connectivity index is 3.18. The highest BCUT2D eigenvalue weighted by Gasteiger charge is 2.07. The Labute approximate surface area is 70.1 Å². The molecule has 0 atom stereocenters. The topological polar surface area (TPSA) is 108 Å². The van der Waals surface area contributed by atoms with E-state index >= 15 is 0 Å². The summed E-state index contributed by atoms with van der Waals surface area (Å²) >= 11 is 5.39. The number of nitrogens with zero attached hydrogens (tertiary/aromatic N) is 2. The smallest absolute Gasteiger partial charge is 0.300 e. The molecule has 68 valence electrons. The van der Waals surface area contributed by atoms with E-state index in [0.29, 0.717) is 0 Å². The van der Waals surface area contributed by atoms with Gasteiger partial charge in [0.2, 0.25) is 0 Å². The third kappa shape index (κ3) is 1.48. The van der Waals surface area contributed by atoms with E-state index in [1.807, 2.05) is 5.21 Å². The number of halogens is 1. The predicted octanol–water partition coefficient (Wildman–Crippen LogP) is -0.267. The van der Waals surface area contributed by atoms with Crippen LogP contribution >= 0.6 is 11.6 Å². The normalized spacial score (nSPS) is 9.42. The SMILES string of the molecule is O=COc1c(Cl)[nH]n(O)[nH]n1O. The van der Waals surface area contributed by atoms with Gasteiger partial charge in [0.05, 0.1) is 0 Å². The molecule has 1 aromatic rings. The zero-order chi connectivity index (χ0) is 9.14. The van der Waals surface area contributed by atoms with Crippen molar-refractivity contribution in [3.8, 4) is 5.88 Å². The summed E-state index contributed by atoms with van der Waals surface area (Å²) in [5.41, 5.74) is 0. The Kier molecular flexibility index (Phi) is 2.19. The van der Waals surface area contributed by atoms with Gasteiger partial charge in [0, 0.05) is 0 Å². The van der Waals surface area contributed by atoms with Crippen molar-refractivity contribution in [2.75, 3.05) is 0 Å². The third-order valence-corrected chi connectivity index (χ3v) is 1.18. The first-order valence-electron chi connectivity index (χ1n) is 2.66. The Morgan fingerprint density at radius 3 is 2.75 bits per heavy atom. The molecule has 1 aromatic heterocycles. The average Bonchev–Trinajstić information content (AvgIpc) is 1.96. The quantitative estimate of drug-likeness (QED) is 0.386. The molecular weight excluding hydrogens is 192 g/mol. The van der Waals surface area contributed by atoms with Crippen LogP contribution in [0.5, 0.6) is 5.88 Å². The van der Waals surface area contributed by atoms with Crippen molar-refractivity contribution in [1.29, 1.82) is 0 Å². The van der Waals surface area contributed by atoms with Crippen molar-refractivity contribution < 1.29 is 19.9 Å². The summed E-state index contributed by atoms with van der Waals surface area (Å²) in [5.74, 6) is -0.378.